The number of amides is 1. The summed E-state index contributed by atoms with van der Waals surface area (Å²) in [5.41, 5.74) is 0. The van der Waals surface area contributed by atoms with Gasteiger partial charge in [-0.15, -0.1) is 0 Å². The molecule has 0 aromatic carbocycles. The van der Waals surface area contributed by atoms with Gasteiger partial charge in [0, 0.05) is 6.42 Å². The Morgan fingerprint density at radius 2 is 0.840 bits per heavy atom. The summed E-state index contributed by atoms with van der Waals surface area (Å²) in [5.74, 6) is -0.187. The van der Waals surface area contributed by atoms with Gasteiger partial charge in [0.15, 0.2) is 6.29 Å². The Hall–Kier alpha value is -2.63. The van der Waals surface area contributed by atoms with Gasteiger partial charge in [0.25, 0.3) is 0 Å². The molecule has 0 aliphatic carbocycles. The number of allylic oxidation sites excluding steroid dienone is 13. The molecule has 9 heteroatoms. The zero-order valence-corrected chi connectivity index (χ0v) is 48.3. The SMILES string of the molecule is CC/C=C\C/C=C\C/C=C\C/C=C\C/C=C\CCCCCCCCCCCCCCCCCC(=O)NC(COC1OC(CO)C(O)C(O)C1O)C(O)/C=C/CC/C=C/CCCCCCCCCCCCCCCCC. The number of aliphatic hydroxyl groups is 5. The van der Waals surface area contributed by atoms with E-state index in [-0.39, 0.29) is 12.5 Å². The van der Waals surface area contributed by atoms with Gasteiger partial charge in [-0.1, -0.05) is 272 Å². The van der Waals surface area contributed by atoms with E-state index in [9.17, 15) is 30.3 Å². The molecule has 0 saturated carbocycles. The van der Waals surface area contributed by atoms with Crippen LogP contribution in [0, 0.1) is 0 Å². The van der Waals surface area contributed by atoms with Crippen molar-refractivity contribution in [2.24, 2.45) is 0 Å². The van der Waals surface area contributed by atoms with E-state index in [0.717, 1.165) is 70.6 Å². The van der Waals surface area contributed by atoms with Gasteiger partial charge in [-0.05, 0) is 77.0 Å². The Bertz CT molecular complexity index is 1450. The first-order chi connectivity index (χ1) is 36.8. The van der Waals surface area contributed by atoms with E-state index in [1.807, 2.05) is 6.08 Å². The van der Waals surface area contributed by atoms with Crippen LogP contribution in [-0.4, -0.2) is 87.5 Å². The minimum Gasteiger partial charge on any atom is -0.394 e. The van der Waals surface area contributed by atoms with Gasteiger partial charge in [0.1, 0.15) is 24.4 Å². The van der Waals surface area contributed by atoms with Crippen LogP contribution in [0.15, 0.2) is 85.1 Å². The maximum Gasteiger partial charge on any atom is 0.220 e. The first-order valence-corrected chi connectivity index (χ1v) is 31.3. The molecule has 0 radical (unpaired) electrons. The molecule has 1 saturated heterocycles. The van der Waals surface area contributed by atoms with Crippen molar-refractivity contribution in [3.8, 4) is 0 Å². The summed E-state index contributed by atoms with van der Waals surface area (Å²) >= 11 is 0. The smallest absolute Gasteiger partial charge is 0.220 e. The predicted molar refractivity (Wildman–Crippen MR) is 318 cm³/mol. The molecule has 1 aliphatic heterocycles. The molecule has 0 aromatic rings. The first-order valence-electron chi connectivity index (χ1n) is 31.3. The van der Waals surface area contributed by atoms with E-state index < -0.39 is 49.5 Å². The van der Waals surface area contributed by atoms with Crippen molar-refractivity contribution in [1.82, 2.24) is 5.32 Å². The molecular weight excluding hydrogens is 935 g/mol. The lowest BCUT2D eigenvalue weighted by Crippen LogP contribution is -2.60. The number of nitrogens with one attached hydrogen (secondary N) is 1. The Labute approximate surface area is 461 Å². The van der Waals surface area contributed by atoms with Crippen molar-refractivity contribution >= 4 is 5.91 Å². The first kappa shape index (κ1) is 70.4. The third kappa shape index (κ3) is 44.0. The van der Waals surface area contributed by atoms with Gasteiger partial charge in [-0.2, -0.15) is 0 Å². The molecule has 7 atom stereocenters. The zero-order valence-electron chi connectivity index (χ0n) is 48.3. The summed E-state index contributed by atoms with van der Waals surface area (Å²) in [6, 6.07) is -0.826. The second-order valence-electron chi connectivity index (χ2n) is 21.5. The Morgan fingerprint density at radius 1 is 0.467 bits per heavy atom. The minimum atomic E-state index is -1.58. The standard InChI is InChI=1S/C66H117NO8/c1-3-5-7-9-11-13-15-17-19-21-23-25-26-27-28-29-30-31-32-33-34-36-38-40-42-44-46-48-50-52-54-56-62(70)67-59(58-74-66-65(73)64(72)63(71)61(57-68)75-66)60(69)55-53-51-49-47-45-43-41-39-37-35-24-22-20-18-16-14-12-10-8-6-4-2/h5,7,11,13,17,19,23,25,27-28,45,47,53,55,59-61,63-66,68-69,71-73H,3-4,6,8-10,12,14-16,18,20-22,24,26,29-44,46,48-52,54,56-58H2,1-2H3,(H,67,70)/b7-5-,13-11-,19-17-,25-23-,28-27-,47-45+,55-53+. The van der Waals surface area contributed by atoms with Crippen LogP contribution in [0.1, 0.15) is 271 Å². The molecule has 434 valence electrons. The summed E-state index contributed by atoms with van der Waals surface area (Å²) in [5, 5.41) is 54.6. The number of hydrogen-bond donors (Lipinski definition) is 6. The molecule has 0 spiro atoms. The topological polar surface area (TPSA) is 149 Å². The third-order valence-corrected chi connectivity index (χ3v) is 14.5. The molecule has 1 fully saturated rings. The van der Waals surface area contributed by atoms with Crippen LogP contribution in [0.5, 0.6) is 0 Å². The molecule has 1 aliphatic rings. The van der Waals surface area contributed by atoms with Crippen LogP contribution in [0.3, 0.4) is 0 Å². The van der Waals surface area contributed by atoms with E-state index in [2.05, 4.69) is 92.1 Å². The molecule has 0 bridgehead atoms. The van der Waals surface area contributed by atoms with Crippen LogP contribution in [-0.2, 0) is 14.3 Å². The van der Waals surface area contributed by atoms with Gasteiger partial charge in [-0.25, -0.2) is 0 Å². The molecule has 6 N–H and O–H groups in total. The summed E-state index contributed by atoms with van der Waals surface area (Å²) in [7, 11) is 0. The second kappa shape index (κ2) is 54.7. The Kier molecular flexibility index (Phi) is 51.3. The number of unbranched alkanes of at least 4 members (excludes halogenated alkanes) is 31. The molecule has 0 aromatic heterocycles. The molecule has 9 nitrogen and oxygen atoms in total. The van der Waals surface area contributed by atoms with Gasteiger partial charge in [0.2, 0.25) is 5.91 Å². The lowest BCUT2D eigenvalue weighted by Gasteiger charge is -2.40. The van der Waals surface area contributed by atoms with Gasteiger partial charge >= 0.3 is 0 Å². The average Bonchev–Trinajstić information content (AvgIpc) is 3.41. The number of carbonyl (C=O) groups is 1. The molecular formula is C66H117NO8. The van der Waals surface area contributed by atoms with Crippen molar-refractivity contribution in [1.29, 1.82) is 0 Å². The van der Waals surface area contributed by atoms with Crippen molar-refractivity contribution in [2.75, 3.05) is 13.2 Å². The third-order valence-electron chi connectivity index (χ3n) is 14.5. The van der Waals surface area contributed by atoms with Crippen molar-refractivity contribution in [2.45, 2.75) is 314 Å². The highest BCUT2D eigenvalue weighted by atomic mass is 16.7. The monoisotopic (exact) mass is 1050 g/mol. The van der Waals surface area contributed by atoms with Crippen LogP contribution in [0.25, 0.3) is 0 Å². The number of hydrogen-bond acceptors (Lipinski definition) is 8. The van der Waals surface area contributed by atoms with Crippen LogP contribution < -0.4 is 5.32 Å². The summed E-state index contributed by atoms with van der Waals surface area (Å²) in [6.07, 6.45) is 70.9. The molecule has 1 rings (SSSR count). The number of ether oxygens (including phenoxy) is 2. The van der Waals surface area contributed by atoms with Gasteiger partial charge in [0.05, 0.1) is 25.4 Å². The van der Waals surface area contributed by atoms with Crippen molar-refractivity contribution in [3.05, 3.63) is 85.1 Å². The highest BCUT2D eigenvalue weighted by molar-refractivity contribution is 5.76. The number of rotatable bonds is 53. The fraction of sp³-hybridized carbons (Fsp3) is 0.773. The predicted octanol–water partition coefficient (Wildman–Crippen LogP) is 16.2. The fourth-order valence-corrected chi connectivity index (χ4v) is 9.55. The van der Waals surface area contributed by atoms with Crippen LogP contribution in [0.2, 0.25) is 0 Å². The molecule has 7 unspecified atom stereocenters. The molecule has 1 heterocycles. The lowest BCUT2D eigenvalue weighted by atomic mass is 9.99. The quantitative estimate of drug-likeness (QED) is 0.0261. The maximum absolute atomic E-state index is 13.1. The highest BCUT2D eigenvalue weighted by Crippen LogP contribution is 2.23. The summed E-state index contributed by atoms with van der Waals surface area (Å²) in [4.78, 5) is 13.1. The Balaban J connectivity index is 2.19. The van der Waals surface area contributed by atoms with Crippen LogP contribution in [0.4, 0.5) is 0 Å². The van der Waals surface area contributed by atoms with E-state index in [1.165, 1.54) is 180 Å². The van der Waals surface area contributed by atoms with E-state index in [1.54, 1.807) is 6.08 Å². The van der Waals surface area contributed by atoms with Crippen LogP contribution >= 0.6 is 0 Å². The van der Waals surface area contributed by atoms with Crippen molar-refractivity contribution in [3.63, 3.8) is 0 Å². The summed E-state index contributed by atoms with van der Waals surface area (Å²) in [6.45, 7) is 3.67. The van der Waals surface area contributed by atoms with Gasteiger partial charge < -0.3 is 40.3 Å². The van der Waals surface area contributed by atoms with E-state index >= 15 is 0 Å². The molecule has 75 heavy (non-hydrogen) atoms. The van der Waals surface area contributed by atoms with E-state index in [4.69, 9.17) is 9.47 Å². The van der Waals surface area contributed by atoms with E-state index in [0.29, 0.717) is 6.42 Å². The molecule has 1 amide bonds. The van der Waals surface area contributed by atoms with Gasteiger partial charge in [-0.3, -0.25) is 4.79 Å². The fourth-order valence-electron chi connectivity index (χ4n) is 9.55. The second-order valence-corrected chi connectivity index (χ2v) is 21.5. The Morgan fingerprint density at radius 3 is 1.28 bits per heavy atom. The largest absolute Gasteiger partial charge is 0.394 e. The minimum absolute atomic E-state index is 0.187. The van der Waals surface area contributed by atoms with Crippen molar-refractivity contribution < 1.29 is 39.8 Å². The highest BCUT2D eigenvalue weighted by Gasteiger charge is 2.44. The number of aliphatic hydroxyl groups excluding tert-OH is 5. The number of carbonyl (C=O) groups excluding carboxylic acids is 1. The average molecular weight is 1050 g/mol. The normalized spacial score (nSPS) is 19.5. The maximum atomic E-state index is 13.1. The zero-order chi connectivity index (χ0) is 54.3. The lowest BCUT2D eigenvalue weighted by molar-refractivity contribution is -0.302. The summed E-state index contributed by atoms with van der Waals surface area (Å²) < 4.78 is 11.3.